The molecular weight excluding hydrogens is 304 g/mol. The number of anilines is 1. The van der Waals surface area contributed by atoms with E-state index in [0.29, 0.717) is 0 Å². The maximum Gasteiger partial charge on any atom is 0.225 e. The number of rotatable bonds is 3. The zero-order chi connectivity index (χ0) is 16.2. The summed E-state index contributed by atoms with van der Waals surface area (Å²) < 4.78 is 11.2. The van der Waals surface area contributed by atoms with Gasteiger partial charge in [0.25, 0.3) is 0 Å². The Kier molecular flexibility index (Phi) is 4.49. The summed E-state index contributed by atoms with van der Waals surface area (Å²) in [5.41, 5.74) is 1.39. The van der Waals surface area contributed by atoms with Crippen LogP contribution in [0.2, 0.25) is 0 Å². The Labute approximate surface area is 142 Å². The lowest BCUT2D eigenvalue weighted by atomic mass is 9.80. The first-order valence-electron chi connectivity index (χ1n) is 8.66. The van der Waals surface area contributed by atoms with Crippen LogP contribution in [0.5, 0.6) is 0 Å². The molecule has 0 bridgehead atoms. The van der Waals surface area contributed by atoms with E-state index < -0.39 is 0 Å². The van der Waals surface area contributed by atoms with Crippen molar-refractivity contribution in [3.05, 3.63) is 42.6 Å². The van der Waals surface area contributed by atoms with Crippen LogP contribution in [-0.2, 0) is 11.3 Å². The summed E-state index contributed by atoms with van der Waals surface area (Å²) >= 11 is 0. The van der Waals surface area contributed by atoms with E-state index in [-0.39, 0.29) is 5.41 Å². The maximum atomic E-state index is 5.98. The molecule has 2 saturated heterocycles. The molecule has 2 aromatic heterocycles. The Morgan fingerprint density at radius 3 is 2.92 bits per heavy atom. The van der Waals surface area contributed by atoms with Gasteiger partial charge < -0.3 is 14.1 Å². The number of piperidine rings is 1. The van der Waals surface area contributed by atoms with Gasteiger partial charge in [0.05, 0.1) is 25.7 Å². The molecule has 0 amide bonds. The van der Waals surface area contributed by atoms with E-state index in [4.69, 9.17) is 9.15 Å². The molecule has 6 nitrogen and oxygen atoms in total. The number of furan rings is 1. The second kappa shape index (κ2) is 6.91. The minimum absolute atomic E-state index is 0.150. The molecule has 0 aromatic carbocycles. The number of ether oxygens (including phenoxy) is 1. The van der Waals surface area contributed by atoms with Gasteiger partial charge in [0.15, 0.2) is 0 Å². The van der Waals surface area contributed by atoms with Gasteiger partial charge >= 0.3 is 0 Å². The first-order valence-corrected chi connectivity index (χ1v) is 8.66. The number of hydrogen-bond donors (Lipinski definition) is 0. The monoisotopic (exact) mass is 328 g/mol. The SMILES string of the molecule is c1cnc(N2CCOCC3(CCCN(Cc4ccoc4)C3)C2)nc1. The van der Waals surface area contributed by atoms with Crippen LogP contribution in [0.15, 0.2) is 41.5 Å². The Hall–Kier alpha value is -1.92. The van der Waals surface area contributed by atoms with E-state index in [9.17, 15) is 0 Å². The van der Waals surface area contributed by atoms with E-state index >= 15 is 0 Å². The maximum absolute atomic E-state index is 5.98. The van der Waals surface area contributed by atoms with Crippen molar-refractivity contribution in [1.82, 2.24) is 14.9 Å². The van der Waals surface area contributed by atoms with Crippen LogP contribution in [0.3, 0.4) is 0 Å². The fourth-order valence-corrected chi connectivity index (χ4v) is 3.95. The van der Waals surface area contributed by atoms with Gasteiger partial charge in [-0.3, -0.25) is 4.90 Å². The van der Waals surface area contributed by atoms with Crippen LogP contribution in [0.4, 0.5) is 5.95 Å². The fraction of sp³-hybridized carbons (Fsp3) is 0.556. The molecule has 128 valence electrons. The highest BCUT2D eigenvalue weighted by Crippen LogP contribution is 2.34. The van der Waals surface area contributed by atoms with Gasteiger partial charge in [0.1, 0.15) is 0 Å². The summed E-state index contributed by atoms with van der Waals surface area (Å²) in [6.45, 7) is 6.49. The molecule has 2 fully saturated rings. The molecular formula is C18H24N4O2. The van der Waals surface area contributed by atoms with Gasteiger partial charge in [-0.15, -0.1) is 0 Å². The largest absolute Gasteiger partial charge is 0.472 e. The lowest BCUT2D eigenvalue weighted by Crippen LogP contribution is -2.50. The summed E-state index contributed by atoms with van der Waals surface area (Å²) in [5, 5.41) is 0. The van der Waals surface area contributed by atoms with Crippen molar-refractivity contribution in [2.45, 2.75) is 19.4 Å². The van der Waals surface area contributed by atoms with Crippen molar-refractivity contribution in [2.24, 2.45) is 5.41 Å². The second-order valence-corrected chi connectivity index (χ2v) is 6.97. The molecule has 24 heavy (non-hydrogen) atoms. The Bertz CT molecular complexity index is 634. The zero-order valence-electron chi connectivity index (χ0n) is 13.9. The molecule has 2 aliphatic rings. The third kappa shape index (κ3) is 3.44. The van der Waals surface area contributed by atoms with Gasteiger partial charge in [0, 0.05) is 49.6 Å². The molecule has 6 heteroatoms. The number of nitrogens with zero attached hydrogens (tertiary/aromatic N) is 4. The van der Waals surface area contributed by atoms with Gasteiger partial charge in [-0.05, 0) is 31.5 Å². The van der Waals surface area contributed by atoms with Crippen molar-refractivity contribution >= 4 is 5.95 Å². The number of aromatic nitrogens is 2. The average molecular weight is 328 g/mol. The highest BCUT2D eigenvalue weighted by atomic mass is 16.5. The Balaban J connectivity index is 1.49. The molecule has 0 N–H and O–H groups in total. The average Bonchev–Trinajstić information content (AvgIpc) is 3.03. The van der Waals surface area contributed by atoms with Crippen LogP contribution in [0, 0.1) is 5.41 Å². The van der Waals surface area contributed by atoms with Gasteiger partial charge in [-0.1, -0.05) is 0 Å². The first kappa shape index (κ1) is 15.6. The molecule has 0 saturated carbocycles. The molecule has 0 aliphatic carbocycles. The fourth-order valence-electron chi connectivity index (χ4n) is 3.95. The predicted octanol–water partition coefficient (Wildman–Crippen LogP) is 2.19. The van der Waals surface area contributed by atoms with E-state index in [1.807, 2.05) is 24.7 Å². The molecule has 4 rings (SSSR count). The van der Waals surface area contributed by atoms with Gasteiger partial charge in [-0.2, -0.15) is 0 Å². The van der Waals surface area contributed by atoms with Crippen LogP contribution in [-0.4, -0.2) is 54.3 Å². The highest BCUT2D eigenvalue weighted by molar-refractivity contribution is 5.29. The summed E-state index contributed by atoms with van der Waals surface area (Å²) in [4.78, 5) is 13.7. The highest BCUT2D eigenvalue weighted by Gasteiger charge is 2.39. The van der Waals surface area contributed by atoms with Crippen LogP contribution < -0.4 is 4.90 Å². The minimum Gasteiger partial charge on any atom is -0.472 e. The predicted molar refractivity (Wildman–Crippen MR) is 90.7 cm³/mol. The molecule has 0 radical (unpaired) electrons. The smallest absolute Gasteiger partial charge is 0.225 e. The van der Waals surface area contributed by atoms with Crippen molar-refractivity contribution < 1.29 is 9.15 Å². The van der Waals surface area contributed by atoms with Crippen LogP contribution in [0.1, 0.15) is 18.4 Å². The van der Waals surface area contributed by atoms with Gasteiger partial charge in [-0.25, -0.2) is 9.97 Å². The molecule has 2 aromatic rings. The quantitative estimate of drug-likeness (QED) is 0.861. The summed E-state index contributed by atoms with van der Waals surface area (Å²) in [7, 11) is 0. The molecule has 1 spiro atoms. The van der Waals surface area contributed by atoms with Crippen LogP contribution >= 0.6 is 0 Å². The molecule has 1 atom stereocenters. The summed E-state index contributed by atoms with van der Waals surface area (Å²) in [6, 6.07) is 3.91. The first-order chi connectivity index (χ1) is 11.8. The number of likely N-dealkylation sites (tertiary alicyclic amines) is 1. The Morgan fingerprint density at radius 2 is 2.08 bits per heavy atom. The molecule has 2 aliphatic heterocycles. The molecule has 1 unspecified atom stereocenters. The zero-order valence-corrected chi connectivity index (χ0v) is 13.9. The lowest BCUT2D eigenvalue weighted by molar-refractivity contribution is 0.0106. The summed E-state index contributed by atoms with van der Waals surface area (Å²) in [6.07, 6.45) is 9.61. The Morgan fingerprint density at radius 1 is 1.17 bits per heavy atom. The minimum atomic E-state index is 0.150. The van der Waals surface area contributed by atoms with Crippen molar-refractivity contribution in [2.75, 3.05) is 44.3 Å². The van der Waals surface area contributed by atoms with Crippen molar-refractivity contribution in [3.8, 4) is 0 Å². The normalized spacial score (nSPS) is 25.8. The lowest BCUT2D eigenvalue weighted by Gasteiger charge is -2.43. The summed E-state index contributed by atoms with van der Waals surface area (Å²) in [5.74, 6) is 0.814. The van der Waals surface area contributed by atoms with Crippen molar-refractivity contribution in [1.29, 1.82) is 0 Å². The third-order valence-corrected chi connectivity index (χ3v) is 5.00. The van der Waals surface area contributed by atoms with Crippen LogP contribution in [0.25, 0.3) is 0 Å². The van der Waals surface area contributed by atoms with E-state index in [0.717, 1.165) is 51.9 Å². The standard InChI is InChI=1S/C18H24N4O2/c1-4-18(13-21(7-1)11-16-3-9-23-12-16)14-22(8-10-24-15-18)17-19-5-2-6-20-17/h2-3,5-6,9,12H,1,4,7-8,10-11,13-15H2. The second-order valence-electron chi connectivity index (χ2n) is 6.97. The van der Waals surface area contributed by atoms with E-state index in [2.05, 4.69) is 25.8 Å². The van der Waals surface area contributed by atoms with Crippen molar-refractivity contribution in [3.63, 3.8) is 0 Å². The van der Waals surface area contributed by atoms with Gasteiger partial charge in [0.2, 0.25) is 5.95 Å². The third-order valence-electron chi connectivity index (χ3n) is 5.00. The van der Waals surface area contributed by atoms with E-state index in [1.54, 1.807) is 6.26 Å². The topological polar surface area (TPSA) is 54.6 Å². The number of hydrogen-bond acceptors (Lipinski definition) is 6. The van der Waals surface area contributed by atoms with E-state index in [1.165, 1.54) is 18.4 Å². The molecule has 4 heterocycles.